The van der Waals surface area contributed by atoms with Gasteiger partial charge in [-0.2, -0.15) is 0 Å². The van der Waals surface area contributed by atoms with Crippen LogP contribution in [0.1, 0.15) is 207 Å². The molecule has 0 saturated heterocycles. The normalized spacial score (nSPS) is 12.0. The summed E-state index contributed by atoms with van der Waals surface area (Å²) < 4.78 is 61.0. The Labute approximate surface area is 677 Å². The number of alkyl carbamates (subject to hydrolysis) is 8. The van der Waals surface area contributed by atoms with Gasteiger partial charge in [0.15, 0.2) is 0 Å². The fraction of sp³-hybridized carbons (Fsp3) is 0.857. The minimum atomic E-state index is -1.99. The second-order valence-corrected chi connectivity index (χ2v) is 33.5. The van der Waals surface area contributed by atoms with Crippen LogP contribution in [0, 0.1) is 16.2 Å². The molecule has 37 nitrogen and oxygen atoms in total. The molecule has 114 heavy (non-hydrogen) atoms. The molecule has 0 aliphatic heterocycles. The SMILES string of the molecule is CN(CCCCNC(=O)OCC(C)(COC(=O)NCCCCN(C)CCCNC(=O)OC(C)(C)C)C(=O)OCC(C)(COC(=O)C(C)(COC(=O)NCCCCN(C)CCCNC(=O)OC(C)(C)C)COC(=O)NCCCCN(C)CCCNC(=O)OC(C)(C)C)C(=O)OCCCCCCN=[N+]=[N-])CCCNC(=O)OC(C)(C)C. The van der Waals surface area contributed by atoms with Gasteiger partial charge in [-0.3, -0.25) is 14.4 Å². The fourth-order valence-corrected chi connectivity index (χ4v) is 10.1. The van der Waals surface area contributed by atoms with Crippen LogP contribution in [0.15, 0.2) is 5.11 Å². The van der Waals surface area contributed by atoms with Crippen LogP contribution in [0.2, 0.25) is 0 Å². The molecule has 0 spiro atoms. The van der Waals surface area contributed by atoms with Crippen LogP contribution in [-0.4, -0.2) is 294 Å². The number of nitrogens with one attached hydrogen (secondary N) is 8. The van der Waals surface area contributed by atoms with E-state index in [0.717, 1.165) is 0 Å². The van der Waals surface area contributed by atoms with Crippen molar-refractivity contribution in [3.63, 3.8) is 0 Å². The number of azide groups is 1. The van der Waals surface area contributed by atoms with Gasteiger partial charge in [0.05, 0.1) is 6.61 Å². The van der Waals surface area contributed by atoms with Crippen molar-refractivity contribution in [2.45, 2.75) is 229 Å². The van der Waals surface area contributed by atoms with Crippen molar-refractivity contribution in [2.75, 3.05) is 186 Å². The van der Waals surface area contributed by atoms with Crippen LogP contribution in [0.4, 0.5) is 38.4 Å². The lowest BCUT2D eigenvalue weighted by Crippen LogP contribution is -2.47. The van der Waals surface area contributed by atoms with Crippen LogP contribution in [0.3, 0.4) is 0 Å². The number of amides is 8. The largest absolute Gasteiger partial charge is 0.465 e. The average molecular weight is 1630 g/mol. The van der Waals surface area contributed by atoms with Gasteiger partial charge in [0.2, 0.25) is 0 Å². The first-order valence-electron chi connectivity index (χ1n) is 40.1. The van der Waals surface area contributed by atoms with Crippen molar-refractivity contribution in [3.8, 4) is 0 Å². The molecule has 37 heteroatoms. The van der Waals surface area contributed by atoms with Crippen LogP contribution in [0.25, 0.3) is 10.4 Å². The Morgan fingerprint density at radius 1 is 0.272 bits per heavy atom. The molecule has 0 fully saturated rings. The van der Waals surface area contributed by atoms with Crippen molar-refractivity contribution >= 4 is 66.7 Å². The van der Waals surface area contributed by atoms with Crippen molar-refractivity contribution in [1.82, 2.24) is 62.1 Å². The molecule has 0 aromatic rings. The molecule has 0 heterocycles. The van der Waals surface area contributed by atoms with E-state index in [2.05, 4.69) is 72.2 Å². The van der Waals surface area contributed by atoms with E-state index in [4.69, 9.17) is 57.6 Å². The molecule has 0 aliphatic carbocycles. The molecule has 0 aliphatic rings. The standard InChI is InChI=1S/C77H145N15O22/c1-71(2,3)111-67(100)83-40-32-49-89(16)45-27-23-36-79-63(96)107-56-76(14,57-108-64(97)80-37-24-28-46-90(17)50-33-41-84-68(101)112-72(4,5)6)61(94)105-54-75(13,60(93)104-53-31-21-20-22-44-87-88-78)55-106-62(95)77(15,58-109-65(98)81-38-25-29-47-91(18)51-34-42-85-69(102)113-73(7,8)9)59-110-66(99)82-39-26-30-48-92(19)52-35-43-86-70(103)114-74(10,11)12/h20-59H2,1-19H3,(H,79,96)(H,80,97)(H,81,98)(H,82,99)(H,83,100)(H,84,101)(H,85,102)(H,86,103). The molecular weight excluding hydrogens is 1490 g/mol. The molecule has 0 saturated carbocycles. The Hall–Kier alpha value is -8.28. The van der Waals surface area contributed by atoms with Crippen LogP contribution < -0.4 is 42.5 Å². The van der Waals surface area contributed by atoms with E-state index in [0.29, 0.717) is 181 Å². The Kier molecular flexibility index (Phi) is 53.5. The number of nitrogens with zero attached hydrogens (tertiary/aromatic N) is 7. The Morgan fingerprint density at radius 2 is 0.482 bits per heavy atom. The van der Waals surface area contributed by atoms with Gasteiger partial charge in [-0.05, 0) is 280 Å². The molecular formula is C77H145N15O22. The lowest BCUT2D eigenvalue weighted by molar-refractivity contribution is -0.179. The zero-order chi connectivity index (χ0) is 86.3. The van der Waals surface area contributed by atoms with Gasteiger partial charge in [0.1, 0.15) is 78.3 Å². The molecule has 0 radical (unpaired) electrons. The van der Waals surface area contributed by atoms with Gasteiger partial charge in [-0.1, -0.05) is 18.0 Å². The molecule has 8 amide bonds. The first-order chi connectivity index (χ1) is 53.3. The van der Waals surface area contributed by atoms with Crippen LogP contribution in [0.5, 0.6) is 0 Å². The first kappa shape index (κ1) is 106. The van der Waals surface area contributed by atoms with E-state index in [9.17, 15) is 52.7 Å². The fourth-order valence-electron chi connectivity index (χ4n) is 10.1. The van der Waals surface area contributed by atoms with Gasteiger partial charge in [-0.25, -0.2) is 38.4 Å². The summed E-state index contributed by atoms with van der Waals surface area (Å²) in [7, 11) is 7.74. The van der Waals surface area contributed by atoms with Gasteiger partial charge in [0, 0.05) is 63.8 Å². The summed E-state index contributed by atoms with van der Waals surface area (Å²) in [5.74, 6) is -3.16. The Bertz CT molecular complexity index is 2570. The van der Waals surface area contributed by atoms with Gasteiger partial charge >= 0.3 is 66.7 Å². The van der Waals surface area contributed by atoms with Crippen molar-refractivity contribution in [2.24, 2.45) is 21.4 Å². The van der Waals surface area contributed by atoms with Gasteiger partial charge in [0.25, 0.3) is 0 Å². The van der Waals surface area contributed by atoms with E-state index < -0.39 is 145 Å². The summed E-state index contributed by atoms with van der Waals surface area (Å²) in [5, 5.41) is 25.2. The molecule has 0 unspecified atom stereocenters. The van der Waals surface area contributed by atoms with Crippen LogP contribution in [-0.2, 0) is 66.5 Å². The molecule has 8 N–H and O–H groups in total. The Balaban J connectivity index is 6.68. The molecule has 0 aromatic carbocycles. The topological polar surface area (TPSA) is 447 Å². The quantitative estimate of drug-likeness (QED) is 0.00700. The van der Waals surface area contributed by atoms with E-state index in [-0.39, 0.29) is 39.3 Å². The number of rotatable bonds is 58. The summed E-state index contributed by atoms with van der Waals surface area (Å²) in [4.78, 5) is 156. The highest BCUT2D eigenvalue weighted by molar-refractivity contribution is 5.82. The number of carbonyl (C=O) groups is 11. The number of unbranched alkanes of at least 4 members (excludes halogenated alkanes) is 7. The highest BCUT2D eigenvalue weighted by atomic mass is 16.6. The Morgan fingerprint density at radius 3 is 0.728 bits per heavy atom. The monoisotopic (exact) mass is 1630 g/mol. The predicted octanol–water partition coefficient (Wildman–Crippen LogP) is 9.92. The third kappa shape index (κ3) is 59.4. The molecule has 0 aromatic heterocycles. The summed E-state index contributed by atoms with van der Waals surface area (Å²) in [6, 6.07) is 0. The van der Waals surface area contributed by atoms with E-state index in [1.54, 1.807) is 83.1 Å². The molecule has 660 valence electrons. The van der Waals surface area contributed by atoms with E-state index in [1.165, 1.54) is 20.8 Å². The second-order valence-electron chi connectivity index (χ2n) is 33.5. The third-order valence-corrected chi connectivity index (χ3v) is 16.5. The zero-order valence-electron chi connectivity index (χ0n) is 72.4. The number of esters is 3. The zero-order valence-corrected chi connectivity index (χ0v) is 72.4. The maximum atomic E-state index is 14.6. The van der Waals surface area contributed by atoms with E-state index >= 15 is 0 Å². The highest BCUT2D eigenvalue weighted by Crippen LogP contribution is 2.29. The summed E-state index contributed by atoms with van der Waals surface area (Å²) in [6.45, 7) is 29.1. The third-order valence-electron chi connectivity index (χ3n) is 16.5. The summed E-state index contributed by atoms with van der Waals surface area (Å²) in [6.07, 6.45) is 4.24. The maximum Gasteiger partial charge on any atom is 0.407 e. The van der Waals surface area contributed by atoms with Gasteiger partial charge < -0.3 is 114 Å². The minimum absolute atomic E-state index is 0.125. The van der Waals surface area contributed by atoms with Crippen molar-refractivity contribution < 1.29 is 105 Å². The predicted molar refractivity (Wildman–Crippen MR) is 429 cm³/mol. The molecule has 0 atom stereocenters. The number of hydrogen-bond donors (Lipinski definition) is 8. The minimum Gasteiger partial charge on any atom is -0.465 e. The van der Waals surface area contributed by atoms with Gasteiger partial charge in [-0.15, -0.1) is 0 Å². The van der Waals surface area contributed by atoms with Crippen LogP contribution >= 0.6 is 0 Å². The first-order valence-corrected chi connectivity index (χ1v) is 40.1. The lowest BCUT2D eigenvalue weighted by Gasteiger charge is -2.32. The highest BCUT2D eigenvalue weighted by Gasteiger charge is 2.46. The molecule has 0 bridgehead atoms. The summed E-state index contributed by atoms with van der Waals surface area (Å²) in [5.41, 5.74) is 0.408. The molecule has 0 rings (SSSR count). The average Bonchev–Trinajstić information content (AvgIpc) is 0.820. The van der Waals surface area contributed by atoms with Crippen molar-refractivity contribution in [1.29, 1.82) is 0 Å². The van der Waals surface area contributed by atoms with Crippen molar-refractivity contribution in [3.05, 3.63) is 10.4 Å². The smallest absolute Gasteiger partial charge is 0.407 e. The maximum absolute atomic E-state index is 14.6. The number of carbonyl (C=O) groups excluding carboxylic acids is 11. The number of hydrogen-bond acceptors (Lipinski definition) is 27. The second kappa shape index (κ2) is 57.7. The lowest BCUT2D eigenvalue weighted by atomic mass is 9.90. The number of ether oxygens (including phenoxy) is 11. The summed E-state index contributed by atoms with van der Waals surface area (Å²) >= 11 is 0. The van der Waals surface area contributed by atoms with E-state index in [1.807, 2.05) is 28.2 Å².